The molecule has 0 spiro atoms. The van der Waals surface area contributed by atoms with Gasteiger partial charge < -0.3 is 15.4 Å². The summed E-state index contributed by atoms with van der Waals surface area (Å²) in [6.07, 6.45) is 1.86. The molecule has 5 nitrogen and oxygen atoms in total. The van der Waals surface area contributed by atoms with Crippen LogP contribution in [0.25, 0.3) is 0 Å². The number of hydrogen-bond acceptors (Lipinski definition) is 3. The van der Waals surface area contributed by atoms with Crippen molar-refractivity contribution < 1.29 is 14.3 Å². The van der Waals surface area contributed by atoms with Gasteiger partial charge in [0, 0.05) is 5.56 Å². The zero-order valence-electron chi connectivity index (χ0n) is 16.7. The highest BCUT2D eigenvalue weighted by molar-refractivity contribution is 5.97. The average Bonchev–Trinajstić information content (AvgIpc) is 3.09. The molecule has 0 fully saturated rings. The van der Waals surface area contributed by atoms with E-state index < -0.39 is 6.04 Å². The normalized spacial score (nSPS) is 16.4. The second-order valence-corrected chi connectivity index (χ2v) is 7.45. The van der Waals surface area contributed by atoms with E-state index in [1.165, 1.54) is 11.1 Å². The Morgan fingerprint density at radius 2 is 1.82 bits per heavy atom. The summed E-state index contributed by atoms with van der Waals surface area (Å²) in [4.78, 5) is 25.5. The molecule has 3 rings (SSSR count). The number of nitrogens with one attached hydrogen (secondary N) is 2. The second-order valence-electron chi connectivity index (χ2n) is 7.45. The van der Waals surface area contributed by atoms with Gasteiger partial charge >= 0.3 is 0 Å². The molecule has 2 amide bonds. The molecule has 2 aromatic carbocycles. The lowest BCUT2D eigenvalue weighted by atomic mass is 10.0. The standard InChI is InChI=1S/C23H28N2O3/c1-4-28-18-12-9-17(10-13-18)22(26)25-21(15(2)3)23(27)24-20-14-11-16-7-5-6-8-19(16)20/h5-10,12-13,15,20-21H,4,11,14H2,1-3H3,(H,24,27)(H,25,26). The van der Waals surface area contributed by atoms with Crippen molar-refractivity contribution in [3.8, 4) is 5.75 Å². The number of hydrogen-bond donors (Lipinski definition) is 2. The summed E-state index contributed by atoms with van der Waals surface area (Å²) < 4.78 is 5.41. The van der Waals surface area contributed by atoms with E-state index in [1.54, 1.807) is 24.3 Å². The average molecular weight is 380 g/mol. The van der Waals surface area contributed by atoms with Crippen molar-refractivity contribution in [3.63, 3.8) is 0 Å². The molecule has 0 bridgehead atoms. The van der Waals surface area contributed by atoms with E-state index in [1.807, 2.05) is 32.9 Å². The van der Waals surface area contributed by atoms with Gasteiger partial charge in [-0.05, 0) is 61.1 Å². The SMILES string of the molecule is CCOc1ccc(C(=O)NC(C(=O)NC2CCc3ccccc32)C(C)C)cc1. The van der Waals surface area contributed by atoms with Gasteiger partial charge in [0.2, 0.25) is 5.91 Å². The highest BCUT2D eigenvalue weighted by Gasteiger charge is 2.29. The topological polar surface area (TPSA) is 67.4 Å². The molecule has 1 aliphatic rings. The number of ether oxygens (including phenoxy) is 1. The summed E-state index contributed by atoms with van der Waals surface area (Å²) in [5, 5.41) is 6.02. The first-order valence-corrected chi connectivity index (χ1v) is 9.91. The summed E-state index contributed by atoms with van der Waals surface area (Å²) in [6, 6.07) is 14.6. The third kappa shape index (κ3) is 4.53. The molecule has 0 heterocycles. The Balaban J connectivity index is 1.66. The van der Waals surface area contributed by atoms with Crippen LogP contribution in [0.2, 0.25) is 0 Å². The molecule has 0 aliphatic heterocycles. The van der Waals surface area contributed by atoms with Crippen molar-refractivity contribution in [1.29, 1.82) is 0 Å². The van der Waals surface area contributed by atoms with Gasteiger partial charge in [-0.2, -0.15) is 0 Å². The van der Waals surface area contributed by atoms with Crippen LogP contribution in [0.5, 0.6) is 5.75 Å². The zero-order valence-corrected chi connectivity index (χ0v) is 16.7. The van der Waals surface area contributed by atoms with Crippen LogP contribution >= 0.6 is 0 Å². The van der Waals surface area contributed by atoms with Crippen molar-refractivity contribution in [2.75, 3.05) is 6.61 Å². The van der Waals surface area contributed by atoms with Gasteiger partial charge in [-0.1, -0.05) is 38.1 Å². The molecule has 2 N–H and O–H groups in total. The monoisotopic (exact) mass is 380 g/mol. The fraction of sp³-hybridized carbons (Fsp3) is 0.391. The Kier molecular flexibility index (Phi) is 6.34. The van der Waals surface area contributed by atoms with Gasteiger partial charge in [-0.3, -0.25) is 9.59 Å². The fourth-order valence-corrected chi connectivity index (χ4v) is 3.60. The molecule has 0 saturated heterocycles. The third-order valence-electron chi connectivity index (χ3n) is 5.11. The van der Waals surface area contributed by atoms with Crippen LogP contribution in [0.1, 0.15) is 54.7 Å². The predicted molar refractivity (Wildman–Crippen MR) is 109 cm³/mol. The maximum absolute atomic E-state index is 12.9. The van der Waals surface area contributed by atoms with E-state index in [0.717, 1.165) is 18.6 Å². The van der Waals surface area contributed by atoms with Crippen molar-refractivity contribution in [3.05, 3.63) is 65.2 Å². The summed E-state index contributed by atoms with van der Waals surface area (Å²) in [5.41, 5.74) is 2.97. The smallest absolute Gasteiger partial charge is 0.251 e. The minimum atomic E-state index is -0.591. The number of carbonyl (C=O) groups excluding carboxylic acids is 2. The molecule has 2 unspecified atom stereocenters. The summed E-state index contributed by atoms with van der Waals surface area (Å²) in [5.74, 6) is 0.292. The Hall–Kier alpha value is -2.82. The van der Waals surface area contributed by atoms with E-state index in [9.17, 15) is 9.59 Å². The number of rotatable bonds is 7. The maximum atomic E-state index is 12.9. The molecule has 148 valence electrons. The summed E-state index contributed by atoms with van der Waals surface area (Å²) in [7, 11) is 0. The molecular formula is C23H28N2O3. The Morgan fingerprint density at radius 1 is 1.11 bits per heavy atom. The van der Waals surface area contributed by atoms with E-state index >= 15 is 0 Å². The van der Waals surface area contributed by atoms with Crippen LogP contribution in [-0.4, -0.2) is 24.5 Å². The first-order valence-electron chi connectivity index (χ1n) is 9.91. The van der Waals surface area contributed by atoms with E-state index in [0.29, 0.717) is 12.2 Å². The van der Waals surface area contributed by atoms with E-state index in [2.05, 4.69) is 22.8 Å². The first kappa shape index (κ1) is 19.9. The van der Waals surface area contributed by atoms with E-state index in [-0.39, 0.29) is 23.8 Å². The van der Waals surface area contributed by atoms with Crippen LogP contribution < -0.4 is 15.4 Å². The molecule has 0 saturated carbocycles. The van der Waals surface area contributed by atoms with Crippen molar-refractivity contribution >= 4 is 11.8 Å². The highest BCUT2D eigenvalue weighted by atomic mass is 16.5. The first-order chi connectivity index (χ1) is 13.5. The second kappa shape index (κ2) is 8.91. The van der Waals surface area contributed by atoms with Crippen LogP contribution in [0, 0.1) is 5.92 Å². The predicted octanol–water partition coefficient (Wildman–Crippen LogP) is 3.64. The van der Waals surface area contributed by atoms with Gasteiger partial charge in [-0.15, -0.1) is 0 Å². The van der Waals surface area contributed by atoms with Crippen molar-refractivity contribution in [2.24, 2.45) is 5.92 Å². The molecule has 5 heteroatoms. The maximum Gasteiger partial charge on any atom is 0.251 e. The van der Waals surface area contributed by atoms with Crippen LogP contribution in [-0.2, 0) is 11.2 Å². The Morgan fingerprint density at radius 3 is 2.50 bits per heavy atom. The fourth-order valence-electron chi connectivity index (χ4n) is 3.60. The summed E-state index contributed by atoms with van der Waals surface area (Å²) >= 11 is 0. The molecule has 28 heavy (non-hydrogen) atoms. The van der Waals surface area contributed by atoms with Gasteiger partial charge in [0.25, 0.3) is 5.91 Å². The molecule has 0 radical (unpaired) electrons. The number of fused-ring (bicyclic) bond motifs is 1. The Bertz CT molecular complexity index is 830. The van der Waals surface area contributed by atoms with Crippen molar-refractivity contribution in [1.82, 2.24) is 10.6 Å². The van der Waals surface area contributed by atoms with Crippen LogP contribution in [0.4, 0.5) is 0 Å². The number of carbonyl (C=O) groups is 2. The van der Waals surface area contributed by atoms with Crippen LogP contribution in [0.3, 0.4) is 0 Å². The van der Waals surface area contributed by atoms with Gasteiger partial charge in [-0.25, -0.2) is 0 Å². The largest absolute Gasteiger partial charge is 0.494 e. The lowest BCUT2D eigenvalue weighted by Crippen LogP contribution is -2.50. The summed E-state index contributed by atoms with van der Waals surface area (Å²) in [6.45, 7) is 6.36. The minimum Gasteiger partial charge on any atom is -0.494 e. The lowest BCUT2D eigenvalue weighted by Gasteiger charge is -2.24. The number of benzene rings is 2. The molecule has 1 aliphatic carbocycles. The molecule has 2 atom stereocenters. The molecular weight excluding hydrogens is 352 g/mol. The number of aryl methyl sites for hydroxylation is 1. The quantitative estimate of drug-likeness (QED) is 0.771. The van der Waals surface area contributed by atoms with Crippen molar-refractivity contribution in [2.45, 2.75) is 45.7 Å². The van der Waals surface area contributed by atoms with Gasteiger partial charge in [0.1, 0.15) is 11.8 Å². The third-order valence-corrected chi connectivity index (χ3v) is 5.11. The zero-order chi connectivity index (χ0) is 20.1. The van der Waals surface area contributed by atoms with Gasteiger partial charge in [0.15, 0.2) is 0 Å². The molecule has 2 aromatic rings. The Labute approximate surface area is 166 Å². The highest BCUT2D eigenvalue weighted by Crippen LogP contribution is 2.30. The van der Waals surface area contributed by atoms with Crippen LogP contribution in [0.15, 0.2) is 48.5 Å². The van der Waals surface area contributed by atoms with E-state index in [4.69, 9.17) is 4.74 Å². The van der Waals surface area contributed by atoms with Gasteiger partial charge in [0.05, 0.1) is 12.6 Å². The number of amides is 2. The lowest BCUT2D eigenvalue weighted by molar-refractivity contribution is -0.124. The minimum absolute atomic E-state index is 0.00679. The molecule has 0 aromatic heterocycles.